The maximum Gasteiger partial charge on any atom is 0.343 e. The monoisotopic (exact) mass is 1170 g/mol. The molecule has 4 aliphatic rings. The highest BCUT2D eigenvalue weighted by molar-refractivity contribution is 6.10. The van der Waals surface area contributed by atoms with E-state index in [1.165, 1.54) is 81.9 Å². The van der Waals surface area contributed by atoms with Crippen LogP contribution in [-0.2, 0) is 15.9 Å². The van der Waals surface area contributed by atoms with Crippen molar-refractivity contribution in [2.24, 2.45) is 5.92 Å². The van der Waals surface area contributed by atoms with Crippen molar-refractivity contribution in [3.05, 3.63) is 233 Å². The molecular formula is C79H77NO8. The van der Waals surface area contributed by atoms with E-state index >= 15 is 0 Å². The molecule has 9 aromatic carbocycles. The first kappa shape index (κ1) is 58.1. The van der Waals surface area contributed by atoms with Crippen molar-refractivity contribution in [1.29, 1.82) is 0 Å². The number of benzene rings is 9. The van der Waals surface area contributed by atoms with Gasteiger partial charge < -0.3 is 33.3 Å². The van der Waals surface area contributed by atoms with Crippen molar-refractivity contribution < 1.29 is 38.0 Å². The summed E-state index contributed by atoms with van der Waals surface area (Å²) < 4.78 is 38.4. The predicted molar refractivity (Wildman–Crippen MR) is 352 cm³/mol. The van der Waals surface area contributed by atoms with Gasteiger partial charge in [0, 0.05) is 53.5 Å². The zero-order chi connectivity index (χ0) is 60.4. The van der Waals surface area contributed by atoms with E-state index in [-0.39, 0.29) is 5.75 Å². The third kappa shape index (κ3) is 10.9. The highest BCUT2D eigenvalue weighted by Gasteiger charge is 2.48. The number of carbonyl (C=O) groups is 2. The second-order valence-corrected chi connectivity index (χ2v) is 24.3. The fourth-order valence-electron chi connectivity index (χ4n) is 14.4. The van der Waals surface area contributed by atoms with Crippen LogP contribution in [0.25, 0.3) is 50.2 Å². The fraction of sp³-hybridized carbons (Fsp3) is 0.291. The standard InChI is InChI=1S/C79H77NO8/c1-6-8-10-15-52-18-20-53(21-19-52)54-22-24-55(25-23-54)56-26-30-59(31-27-56)76(81)86-65-42-34-58(35-43-65)57-28-32-60(33-29-57)77(82)87-72-50-68-69(51-71(72)84-4)75-67(74-73(68)66-16-11-12-17-70(66)78(74,7-2)85-5)46-47-79(88-75,62-38-44-64(83-3)45-39-62)61-36-40-63(41-37-61)80-48-13-9-14-49-80/h11-12,16-17,22-47,50-53H,6-10,13-15,18-21,48-49H2,1-5H3/t52-,53-,78?,79?. The molecule has 0 amide bonds. The highest BCUT2D eigenvalue weighted by Crippen LogP contribution is 2.60. The summed E-state index contributed by atoms with van der Waals surface area (Å²) in [5.41, 5.74) is 12.5. The van der Waals surface area contributed by atoms with Gasteiger partial charge in [-0.25, -0.2) is 9.59 Å². The number of piperidine rings is 1. The average Bonchev–Trinajstić information content (AvgIpc) is 1.47. The van der Waals surface area contributed by atoms with Crippen molar-refractivity contribution >= 4 is 34.5 Å². The molecule has 0 bridgehead atoms. The number of anilines is 1. The lowest BCUT2D eigenvalue weighted by atomic mass is 9.77. The zero-order valence-corrected chi connectivity index (χ0v) is 51.2. The van der Waals surface area contributed by atoms with Crippen LogP contribution in [0.5, 0.6) is 28.7 Å². The van der Waals surface area contributed by atoms with Gasteiger partial charge in [-0.2, -0.15) is 0 Å². The molecule has 0 N–H and O–H groups in total. The minimum atomic E-state index is -1.05. The molecule has 2 heterocycles. The van der Waals surface area contributed by atoms with Crippen molar-refractivity contribution in [3.63, 3.8) is 0 Å². The number of carbonyl (C=O) groups excluding carboxylic acids is 2. The second kappa shape index (κ2) is 25.1. The Kier molecular flexibility index (Phi) is 16.5. The Morgan fingerprint density at radius 1 is 0.580 bits per heavy atom. The summed E-state index contributed by atoms with van der Waals surface area (Å²) in [4.78, 5) is 30.2. The molecule has 2 atom stereocenters. The van der Waals surface area contributed by atoms with Gasteiger partial charge in [-0.3, -0.25) is 0 Å². The van der Waals surface area contributed by atoms with Crippen LogP contribution in [0.15, 0.2) is 188 Å². The fourth-order valence-corrected chi connectivity index (χ4v) is 14.4. The Labute approximate surface area is 517 Å². The van der Waals surface area contributed by atoms with Gasteiger partial charge in [0.05, 0.1) is 25.3 Å². The Hall–Kier alpha value is -8.92. The Bertz CT molecular complexity index is 4000. The minimum absolute atomic E-state index is 0.266. The zero-order valence-electron chi connectivity index (χ0n) is 51.2. The first-order chi connectivity index (χ1) is 43.1. The molecule has 88 heavy (non-hydrogen) atoms. The van der Waals surface area contributed by atoms with E-state index in [9.17, 15) is 9.59 Å². The Morgan fingerprint density at radius 2 is 1.16 bits per heavy atom. The first-order valence-corrected chi connectivity index (χ1v) is 31.7. The summed E-state index contributed by atoms with van der Waals surface area (Å²) in [6, 6.07) is 60.5. The molecule has 2 aliphatic carbocycles. The maximum absolute atomic E-state index is 14.4. The molecule has 446 valence electrons. The quantitative estimate of drug-likeness (QED) is 0.0473. The average molecular weight is 1170 g/mol. The summed E-state index contributed by atoms with van der Waals surface area (Å²) in [6.45, 7) is 6.53. The van der Waals surface area contributed by atoms with Crippen LogP contribution in [-0.4, -0.2) is 46.4 Å². The van der Waals surface area contributed by atoms with Crippen molar-refractivity contribution in [2.75, 3.05) is 39.3 Å². The Balaban J connectivity index is 0.742. The molecule has 0 radical (unpaired) electrons. The lowest BCUT2D eigenvalue weighted by Gasteiger charge is -2.39. The number of hydrogen-bond donors (Lipinski definition) is 0. The van der Waals surface area contributed by atoms with Crippen LogP contribution in [0, 0.1) is 5.92 Å². The van der Waals surface area contributed by atoms with E-state index in [2.05, 4.69) is 116 Å². The largest absolute Gasteiger partial charge is 0.497 e. The third-order valence-corrected chi connectivity index (χ3v) is 19.4. The van der Waals surface area contributed by atoms with Crippen LogP contribution in [0.1, 0.15) is 151 Å². The predicted octanol–water partition coefficient (Wildman–Crippen LogP) is 19.1. The number of nitrogens with zero attached hydrogens (tertiary/aromatic N) is 1. The van der Waals surface area contributed by atoms with Crippen LogP contribution in [0.3, 0.4) is 0 Å². The number of esters is 2. The van der Waals surface area contributed by atoms with Gasteiger partial charge in [0.2, 0.25) is 0 Å². The number of hydrogen-bond acceptors (Lipinski definition) is 9. The number of rotatable bonds is 18. The lowest BCUT2D eigenvalue weighted by molar-refractivity contribution is 0.0219. The van der Waals surface area contributed by atoms with Crippen LogP contribution in [0.2, 0.25) is 0 Å². The topological polar surface area (TPSA) is 92.8 Å². The van der Waals surface area contributed by atoms with Gasteiger partial charge in [0.1, 0.15) is 22.8 Å². The molecule has 0 spiro atoms. The van der Waals surface area contributed by atoms with Crippen LogP contribution >= 0.6 is 0 Å². The van der Waals surface area contributed by atoms with Crippen molar-refractivity contribution in [2.45, 2.75) is 108 Å². The van der Waals surface area contributed by atoms with Gasteiger partial charge in [-0.1, -0.05) is 155 Å². The molecule has 13 rings (SSSR count). The minimum Gasteiger partial charge on any atom is -0.497 e. The molecule has 1 saturated carbocycles. The summed E-state index contributed by atoms with van der Waals surface area (Å²) in [5.74, 6) is 3.05. The molecule has 9 heteroatoms. The van der Waals surface area contributed by atoms with E-state index in [0.29, 0.717) is 40.7 Å². The Morgan fingerprint density at radius 3 is 1.76 bits per heavy atom. The molecule has 2 unspecified atom stereocenters. The van der Waals surface area contributed by atoms with E-state index in [1.54, 1.807) is 45.6 Å². The van der Waals surface area contributed by atoms with E-state index in [1.807, 2.05) is 72.8 Å². The third-order valence-electron chi connectivity index (χ3n) is 19.4. The molecule has 0 aromatic heterocycles. The van der Waals surface area contributed by atoms with E-state index in [0.717, 1.165) is 96.7 Å². The number of ether oxygens (including phenoxy) is 6. The lowest BCUT2D eigenvalue weighted by Crippen LogP contribution is -2.36. The van der Waals surface area contributed by atoms with Gasteiger partial charge >= 0.3 is 11.9 Å². The van der Waals surface area contributed by atoms with Crippen molar-refractivity contribution in [1.82, 2.24) is 0 Å². The summed E-state index contributed by atoms with van der Waals surface area (Å²) in [7, 11) is 5.04. The van der Waals surface area contributed by atoms with Gasteiger partial charge in [-0.05, 0) is 192 Å². The maximum atomic E-state index is 14.4. The summed E-state index contributed by atoms with van der Waals surface area (Å²) in [6.07, 6.45) is 19.3. The number of unbranched alkanes of at least 4 members (excludes halogenated alkanes) is 2. The van der Waals surface area contributed by atoms with Crippen LogP contribution in [0.4, 0.5) is 5.69 Å². The second-order valence-electron chi connectivity index (χ2n) is 24.3. The van der Waals surface area contributed by atoms with Gasteiger partial charge in [0.25, 0.3) is 0 Å². The molecule has 1 saturated heterocycles. The molecular weight excluding hydrogens is 1090 g/mol. The van der Waals surface area contributed by atoms with Gasteiger partial charge in [0.15, 0.2) is 17.1 Å². The number of methoxy groups -OCH3 is 3. The van der Waals surface area contributed by atoms with E-state index in [4.69, 9.17) is 28.4 Å². The first-order valence-electron chi connectivity index (χ1n) is 31.7. The number of fused-ring (bicyclic) bond motifs is 8. The molecule has 9 aromatic rings. The smallest absolute Gasteiger partial charge is 0.343 e. The highest BCUT2D eigenvalue weighted by atomic mass is 16.6. The van der Waals surface area contributed by atoms with Gasteiger partial charge in [-0.15, -0.1) is 0 Å². The van der Waals surface area contributed by atoms with Crippen LogP contribution < -0.4 is 28.6 Å². The molecule has 9 nitrogen and oxygen atoms in total. The summed E-state index contributed by atoms with van der Waals surface area (Å²) >= 11 is 0. The molecule has 2 aliphatic heterocycles. The SMILES string of the molecule is CCCCC[C@H]1CC[C@H](c2ccc(-c3ccc(C(=O)Oc4ccc(-c5ccc(C(=O)Oc6cc7c8c(c9c(c7cc6OC)OC(c6ccc(OC)cc6)(c6ccc(N7CCCCC7)cc6)C=C9)C(CC)(OC)c6ccccc6-8)cc5)cc4)cc3)cc2)CC1. The molecule has 2 fully saturated rings. The normalized spacial score (nSPS) is 19.3. The van der Waals surface area contributed by atoms with Crippen molar-refractivity contribution in [3.8, 4) is 62.1 Å². The van der Waals surface area contributed by atoms with E-state index < -0.39 is 23.1 Å². The summed E-state index contributed by atoms with van der Waals surface area (Å²) in [5, 5.41) is 1.63.